The second-order valence-electron chi connectivity index (χ2n) is 2.86. The van der Waals surface area contributed by atoms with Gasteiger partial charge in [-0.2, -0.15) is 13.3 Å². The third-order valence-corrected chi connectivity index (χ3v) is 1.95. The lowest BCUT2D eigenvalue weighted by Gasteiger charge is -2.10. The van der Waals surface area contributed by atoms with Crippen molar-refractivity contribution in [3.05, 3.63) is 30.3 Å². The van der Waals surface area contributed by atoms with E-state index in [2.05, 4.69) is 4.18 Å². The molecule has 1 atom stereocenters. The molecule has 0 N–H and O–H groups in total. The third kappa shape index (κ3) is 5.36. The molecule has 15 heavy (non-hydrogen) atoms. The Morgan fingerprint density at radius 3 is 2.33 bits per heavy atom. The molecule has 0 aliphatic heterocycles. The maximum absolute atomic E-state index is 10.7. The van der Waals surface area contributed by atoms with Crippen molar-refractivity contribution in [1.29, 1.82) is 0 Å². The topological polar surface area (TPSA) is 61.8 Å². The van der Waals surface area contributed by atoms with Crippen LogP contribution in [0.4, 0.5) is 0 Å². The molecule has 1 aromatic rings. The summed E-state index contributed by atoms with van der Waals surface area (Å²) in [5.41, 5.74) is 0. The maximum atomic E-state index is 10.7. The molecule has 1 unspecified atom stereocenters. The maximum Gasteiger partial charge on any atom is 0.267 e. The van der Waals surface area contributed by atoms with E-state index in [-0.39, 0.29) is 0 Å². The molecular formula is C9H12O5S. The van der Waals surface area contributed by atoms with Crippen LogP contribution in [0.5, 0.6) is 5.75 Å². The van der Waals surface area contributed by atoms with E-state index in [1.807, 2.05) is 6.07 Å². The summed E-state index contributed by atoms with van der Waals surface area (Å²) in [7, 11) is -3.53. The van der Waals surface area contributed by atoms with Gasteiger partial charge in [-0.3, -0.25) is 0 Å². The lowest BCUT2D eigenvalue weighted by Crippen LogP contribution is -2.19. The molecule has 0 fully saturated rings. The van der Waals surface area contributed by atoms with Crippen molar-refractivity contribution in [2.75, 3.05) is 6.26 Å². The molecule has 84 valence electrons. The number of para-hydroxylation sites is 1. The predicted octanol–water partition coefficient (Wildman–Crippen LogP) is 1.32. The predicted molar refractivity (Wildman–Crippen MR) is 53.5 cm³/mol. The molecular weight excluding hydrogens is 220 g/mol. The Bertz CT molecular complexity index is 386. The van der Waals surface area contributed by atoms with Gasteiger partial charge in [0.1, 0.15) is 0 Å². The van der Waals surface area contributed by atoms with Gasteiger partial charge in [-0.15, -0.1) is 0 Å². The van der Waals surface area contributed by atoms with Gasteiger partial charge in [-0.25, -0.2) is 4.18 Å². The molecule has 0 heterocycles. The highest BCUT2D eigenvalue weighted by Crippen LogP contribution is 2.10. The summed E-state index contributed by atoms with van der Waals surface area (Å²) in [6, 6.07) is 8.70. The summed E-state index contributed by atoms with van der Waals surface area (Å²) in [6.07, 6.45) is -0.0461. The van der Waals surface area contributed by atoms with Gasteiger partial charge in [-0.05, 0) is 19.1 Å². The first-order chi connectivity index (χ1) is 6.97. The Kier molecular flexibility index (Phi) is 4.07. The highest BCUT2D eigenvalue weighted by Gasteiger charge is 2.11. The lowest BCUT2D eigenvalue weighted by atomic mass is 10.3. The smallest absolute Gasteiger partial charge is 0.267 e. The molecule has 1 rings (SSSR count). The average molecular weight is 232 g/mol. The van der Waals surface area contributed by atoms with Gasteiger partial charge in [-0.1, -0.05) is 18.2 Å². The van der Waals surface area contributed by atoms with E-state index >= 15 is 0 Å². The number of benzene rings is 1. The normalized spacial score (nSPS) is 13.5. The Balaban J connectivity index is 2.38. The summed E-state index contributed by atoms with van der Waals surface area (Å²) in [4.78, 5) is 9.53. The van der Waals surface area contributed by atoms with Crippen LogP contribution in [0.15, 0.2) is 30.3 Å². The zero-order valence-electron chi connectivity index (χ0n) is 8.41. The fraction of sp³-hybridized carbons (Fsp3) is 0.333. The highest BCUT2D eigenvalue weighted by atomic mass is 32.2. The summed E-state index contributed by atoms with van der Waals surface area (Å²) in [5, 5.41) is 0. The SMILES string of the molecule is CC(OOc1ccccc1)OS(C)(=O)=O. The average Bonchev–Trinajstić information content (AvgIpc) is 2.14. The fourth-order valence-corrected chi connectivity index (χ4v) is 1.39. The van der Waals surface area contributed by atoms with Gasteiger partial charge in [0.15, 0.2) is 5.75 Å². The lowest BCUT2D eigenvalue weighted by molar-refractivity contribution is -0.288. The van der Waals surface area contributed by atoms with Crippen LogP contribution in [0.3, 0.4) is 0 Å². The van der Waals surface area contributed by atoms with Crippen LogP contribution in [0.1, 0.15) is 6.92 Å². The van der Waals surface area contributed by atoms with Gasteiger partial charge in [0, 0.05) is 0 Å². The van der Waals surface area contributed by atoms with Gasteiger partial charge >= 0.3 is 0 Å². The van der Waals surface area contributed by atoms with Crippen molar-refractivity contribution in [3.8, 4) is 5.75 Å². The Labute approximate surface area is 88.6 Å². The number of hydrogen-bond donors (Lipinski definition) is 0. The van der Waals surface area contributed by atoms with Crippen LogP contribution >= 0.6 is 0 Å². The molecule has 0 aromatic heterocycles. The van der Waals surface area contributed by atoms with E-state index in [1.165, 1.54) is 6.92 Å². The molecule has 1 aromatic carbocycles. The molecule has 0 radical (unpaired) electrons. The van der Waals surface area contributed by atoms with Crippen molar-refractivity contribution in [2.45, 2.75) is 13.2 Å². The van der Waals surface area contributed by atoms with E-state index in [4.69, 9.17) is 9.78 Å². The third-order valence-electron chi connectivity index (χ3n) is 1.33. The largest absolute Gasteiger partial charge is 0.335 e. The molecule has 0 spiro atoms. The Morgan fingerprint density at radius 1 is 1.20 bits per heavy atom. The van der Waals surface area contributed by atoms with Crippen molar-refractivity contribution in [1.82, 2.24) is 0 Å². The minimum Gasteiger partial charge on any atom is -0.335 e. The van der Waals surface area contributed by atoms with E-state index in [0.717, 1.165) is 6.26 Å². The molecule has 0 bridgehead atoms. The molecule has 5 nitrogen and oxygen atoms in total. The van der Waals surface area contributed by atoms with Crippen LogP contribution in [-0.2, 0) is 19.2 Å². The summed E-state index contributed by atoms with van der Waals surface area (Å²) < 4.78 is 25.9. The Morgan fingerprint density at radius 2 is 1.80 bits per heavy atom. The molecule has 0 aliphatic rings. The number of hydrogen-bond acceptors (Lipinski definition) is 5. The van der Waals surface area contributed by atoms with Crippen molar-refractivity contribution >= 4 is 10.1 Å². The van der Waals surface area contributed by atoms with Crippen LogP contribution in [-0.4, -0.2) is 21.0 Å². The second-order valence-corrected chi connectivity index (χ2v) is 4.46. The zero-order valence-corrected chi connectivity index (χ0v) is 9.23. The molecule has 0 aliphatic carbocycles. The molecule has 0 saturated carbocycles. The first kappa shape index (κ1) is 12.0. The van der Waals surface area contributed by atoms with Crippen LogP contribution < -0.4 is 4.89 Å². The van der Waals surface area contributed by atoms with Crippen molar-refractivity contribution in [2.24, 2.45) is 0 Å². The van der Waals surface area contributed by atoms with Crippen molar-refractivity contribution < 1.29 is 22.4 Å². The van der Waals surface area contributed by atoms with E-state index < -0.39 is 16.4 Å². The van der Waals surface area contributed by atoms with E-state index in [1.54, 1.807) is 24.3 Å². The summed E-state index contributed by atoms with van der Waals surface area (Å²) in [5.74, 6) is 0.474. The van der Waals surface area contributed by atoms with Crippen LogP contribution in [0, 0.1) is 0 Å². The van der Waals surface area contributed by atoms with E-state index in [9.17, 15) is 8.42 Å². The minimum absolute atomic E-state index is 0.474. The quantitative estimate of drug-likeness (QED) is 0.331. The van der Waals surface area contributed by atoms with Crippen molar-refractivity contribution in [3.63, 3.8) is 0 Å². The molecule has 0 amide bonds. The summed E-state index contributed by atoms with van der Waals surface area (Å²) in [6.45, 7) is 1.42. The van der Waals surface area contributed by atoms with Gasteiger partial charge in [0.2, 0.25) is 6.29 Å². The zero-order chi connectivity index (χ0) is 11.3. The number of rotatable bonds is 5. The highest BCUT2D eigenvalue weighted by molar-refractivity contribution is 7.86. The Hall–Kier alpha value is -1.11. The molecule has 6 heteroatoms. The fourth-order valence-electron chi connectivity index (χ4n) is 0.862. The van der Waals surface area contributed by atoms with Gasteiger partial charge in [0.05, 0.1) is 6.26 Å². The monoisotopic (exact) mass is 232 g/mol. The summed E-state index contributed by atoms with van der Waals surface area (Å²) >= 11 is 0. The first-order valence-electron chi connectivity index (χ1n) is 4.24. The molecule has 0 saturated heterocycles. The van der Waals surface area contributed by atoms with Gasteiger partial charge < -0.3 is 4.89 Å². The standard InChI is InChI=1S/C9H12O5S/c1-8(14-15(2,10)11)12-13-9-6-4-3-5-7-9/h3-8H,1-2H3. The van der Waals surface area contributed by atoms with E-state index in [0.29, 0.717) is 5.75 Å². The minimum atomic E-state index is -3.53. The van der Waals surface area contributed by atoms with Crippen LogP contribution in [0.2, 0.25) is 0 Å². The van der Waals surface area contributed by atoms with Crippen LogP contribution in [0.25, 0.3) is 0 Å². The second kappa shape index (κ2) is 5.11. The first-order valence-corrected chi connectivity index (χ1v) is 6.05. The van der Waals surface area contributed by atoms with Gasteiger partial charge in [0.25, 0.3) is 10.1 Å².